The molecule has 2 nitrogen and oxygen atoms in total. The molecule has 2 rings (SSSR count). The molecule has 0 fully saturated rings. The molecule has 0 unspecified atom stereocenters. The fourth-order valence-electron chi connectivity index (χ4n) is 2.11. The Balaban J connectivity index is 2.51. The van der Waals surface area contributed by atoms with Gasteiger partial charge in [-0.1, -0.05) is 43.4 Å². The normalized spacial score (nSPS) is 10.3. The number of anilines is 2. The van der Waals surface area contributed by atoms with Crippen LogP contribution in [0, 0.1) is 0 Å². The monoisotopic (exact) mass is 302 g/mol. The molecule has 0 spiro atoms. The van der Waals surface area contributed by atoms with Gasteiger partial charge in [0.1, 0.15) is 4.99 Å². The Morgan fingerprint density at radius 2 is 1.85 bits per heavy atom. The van der Waals surface area contributed by atoms with Gasteiger partial charge in [0, 0.05) is 23.2 Å². The Kier molecular flexibility index (Phi) is 5.04. The van der Waals surface area contributed by atoms with E-state index in [0.29, 0.717) is 4.99 Å². The maximum absolute atomic E-state index is 5.95. The van der Waals surface area contributed by atoms with Crippen LogP contribution in [0.5, 0.6) is 0 Å². The molecule has 0 saturated carbocycles. The fraction of sp³-hybridized carbons (Fsp3) is 0.188. The highest BCUT2D eigenvalue weighted by atomic mass is 32.2. The van der Waals surface area contributed by atoms with Crippen LogP contribution in [-0.2, 0) is 0 Å². The summed E-state index contributed by atoms with van der Waals surface area (Å²) in [5, 5.41) is 0. The third kappa shape index (κ3) is 3.14. The highest BCUT2D eigenvalue weighted by molar-refractivity contribution is 7.99. The van der Waals surface area contributed by atoms with E-state index in [1.807, 2.05) is 25.2 Å². The van der Waals surface area contributed by atoms with E-state index < -0.39 is 0 Å². The van der Waals surface area contributed by atoms with E-state index in [0.717, 1.165) is 27.6 Å². The van der Waals surface area contributed by atoms with E-state index in [-0.39, 0.29) is 0 Å². The number of rotatable bonds is 5. The first-order valence-corrected chi connectivity index (χ1v) is 7.89. The van der Waals surface area contributed by atoms with E-state index in [2.05, 4.69) is 42.2 Å². The molecule has 104 valence electrons. The smallest absolute Gasteiger partial charge is 0.107 e. The van der Waals surface area contributed by atoms with Crippen molar-refractivity contribution in [3.05, 3.63) is 54.1 Å². The summed E-state index contributed by atoms with van der Waals surface area (Å²) in [4.78, 5) is 3.70. The first-order chi connectivity index (χ1) is 9.65. The van der Waals surface area contributed by atoms with Gasteiger partial charge >= 0.3 is 0 Å². The molecule has 4 heteroatoms. The standard InChI is InChI=1S/C16H18N2S2/c1-3-20-14-11-7-10-13(15(14)16(17)19)18(2)12-8-5-4-6-9-12/h4-11H,3H2,1-2H3,(H2,17,19). The van der Waals surface area contributed by atoms with Crippen LogP contribution in [0.4, 0.5) is 11.4 Å². The van der Waals surface area contributed by atoms with Crippen LogP contribution in [0.25, 0.3) is 0 Å². The van der Waals surface area contributed by atoms with Gasteiger partial charge in [-0.3, -0.25) is 0 Å². The Labute approximate surface area is 130 Å². The molecule has 0 aromatic heterocycles. The third-order valence-electron chi connectivity index (χ3n) is 3.06. The molecule has 0 radical (unpaired) electrons. The summed E-state index contributed by atoms with van der Waals surface area (Å²) in [5.74, 6) is 0.994. The lowest BCUT2D eigenvalue weighted by molar-refractivity contribution is 1.19. The van der Waals surface area contributed by atoms with Gasteiger partial charge in [0.25, 0.3) is 0 Å². The predicted molar refractivity (Wildman–Crippen MR) is 93.2 cm³/mol. The predicted octanol–water partition coefficient (Wildman–Crippen LogP) is 4.20. The number of thiocarbonyl (C=S) groups is 1. The molecule has 0 atom stereocenters. The molecule has 2 aromatic rings. The molecule has 0 amide bonds. The minimum atomic E-state index is 0.444. The molecule has 0 aliphatic carbocycles. The second-order valence-corrected chi connectivity index (χ2v) is 6.09. The Morgan fingerprint density at radius 3 is 2.45 bits per heavy atom. The van der Waals surface area contributed by atoms with E-state index in [9.17, 15) is 0 Å². The van der Waals surface area contributed by atoms with Crippen LogP contribution in [0.2, 0.25) is 0 Å². The molecule has 0 aliphatic rings. The maximum Gasteiger partial charge on any atom is 0.107 e. The summed E-state index contributed by atoms with van der Waals surface area (Å²) in [7, 11) is 2.03. The van der Waals surface area contributed by atoms with Crippen LogP contribution in [0.3, 0.4) is 0 Å². The zero-order valence-electron chi connectivity index (χ0n) is 11.7. The van der Waals surface area contributed by atoms with E-state index in [1.54, 1.807) is 11.8 Å². The highest BCUT2D eigenvalue weighted by Crippen LogP contribution is 2.33. The lowest BCUT2D eigenvalue weighted by Crippen LogP contribution is -2.18. The summed E-state index contributed by atoms with van der Waals surface area (Å²) in [6.07, 6.45) is 0. The number of benzene rings is 2. The number of thioether (sulfide) groups is 1. The van der Waals surface area contributed by atoms with Crippen molar-refractivity contribution in [2.75, 3.05) is 17.7 Å². The molecule has 0 bridgehead atoms. The van der Waals surface area contributed by atoms with Crippen molar-refractivity contribution in [3.63, 3.8) is 0 Å². The van der Waals surface area contributed by atoms with Crippen LogP contribution in [0.1, 0.15) is 12.5 Å². The molecule has 2 N–H and O–H groups in total. The van der Waals surface area contributed by atoms with Gasteiger partial charge in [0.2, 0.25) is 0 Å². The first-order valence-electron chi connectivity index (χ1n) is 6.49. The van der Waals surface area contributed by atoms with Gasteiger partial charge in [-0.05, 0) is 30.0 Å². The second kappa shape index (κ2) is 6.77. The summed E-state index contributed by atoms with van der Waals surface area (Å²) >= 11 is 7.02. The molecular weight excluding hydrogens is 284 g/mol. The van der Waals surface area contributed by atoms with Gasteiger partial charge < -0.3 is 10.6 Å². The third-order valence-corrected chi connectivity index (χ3v) is 4.20. The fourth-order valence-corrected chi connectivity index (χ4v) is 3.24. The van der Waals surface area contributed by atoms with Gasteiger partial charge in [0.05, 0.1) is 5.69 Å². The Bertz CT molecular complexity index is 597. The van der Waals surface area contributed by atoms with Gasteiger partial charge in [-0.25, -0.2) is 0 Å². The maximum atomic E-state index is 5.95. The summed E-state index contributed by atoms with van der Waals surface area (Å²) in [6.45, 7) is 2.13. The zero-order chi connectivity index (χ0) is 14.5. The summed E-state index contributed by atoms with van der Waals surface area (Å²) in [5.41, 5.74) is 9.07. The van der Waals surface area contributed by atoms with Gasteiger partial charge in [-0.15, -0.1) is 11.8 Å². The van der Waals surface area contributed by atoms with Crippen molar-refractivity contribution in [2.45, 2.75) is 11.8 Å². The zero-order valence-corrected chi connectivity index (χ0v) is 13.3. The average molecular weight is 302 g/mol. The lowest BCUT2D eigenvalue weighted by Gasteiger charge is -2.23. The number of nitrogens with zero attached hydrogens (tertiary/aromatic N) is 1. The SMILES string of the molecule is CCSc1cccc(N(C)c2ccccc2)c1C(N)=S. The number of para-hydroxylation sites is 1. The minimum Gasteiger partial charge on any atom is -0.389 e. The van der Waals surface area contributed by atoms with E-state index in [1.165, 1.54) is 0 Å². The van der Waals surface area contributed by atoms with Crippen molar-refractivity contribution >= 4 is 40.3 Å². The quantitative estimate of drug-likeness (QED) is 0.662. The molecule has 20 heavy (non-hydrogen) atoms. The lowest BCUT2D eigenvalue weighted by atomic mass is 10.1. The van der Waals surface area contributed by atoms with Crippen LogP contribution in [0.15, 0.2) is 53.4 Å². The Morgan fingerprint density at radius 1 is 1.15 bits per heavy atom. The molecule has 0 heterocycles. The largest absolute Gasteiger partial charge is 0.389 e. The van der Waals surface area contributed by atoms with E-state index in [4.69, 9.17) is 18.0 Å². The highest BCUT2D eigenvalue weighted by Gasteiger charge is 2.15. The molecule has 2 aromatic carbocycles. The Hall–Kier alpha value is -1.52. The minimum absolute atomic E-state index is 0.444. The first kappa shape index (κ1) is 14.9. The number of nitrogens with two attached hydrogens (primary N) is 1. The van der Waals surface area contributed by atoms with Crippen LogP contribution < -0.4 is 10.6 Å². The molecule has 0 saturated heterocycles. The second-order valence-electron chi connectivity index (χ2n) is 4.34. The summed E-state index contributed by atoms with van der Waals surface area (Å²) in [6, 6.07) is 16.4. The topological polar surface area (TPSA) is 29.3 Å². The van der Waals surface area contributed by atoms with Gasteiger partial charge in [-0.2, -0.15) is 0 Å². The van der Waals surface area contributed by atoms with Crippen molar-refractivity contribution < 1.29 is 0 Å². The van der Waals surface area contributed by atoms with Crippen molar-refractivity contribution in [2.24, 2.45) is 5.73 Å². The molecular formula is C16H18N2S2. The van der Waals surface area contributed by atoms with E-state index >= 15 is 0 Å². The van der Waals surface area contributed by atoms with Gasteiger partial charge in [0.15, 0.2) is 0 Å². The van der Waals surface area contributed by atoms with Crippen molar-refractivity contribution in [1.82, 2.24) is 0 Å². The molecule has 0 aliphatic heterocycles. The van der Waals surface area contributed by atoms with Crippen LogP contribution in [-0.4, -0.2) is 17.8 Å². The summed E-state index contributed by atoms with van der Waals surface area (Å²) < 4.78 is 0. The average Bonchev–Trinajstić information content (AvgIpc) is 2.47. The number of hydrogen-bond donors (Lipinski definition) is 1. The van der Waals surface area contributed by atoms with Crippen molar-refractivity contribution in [3.8, 4) is 0 Å². The van der Waals surface area contributed by atoms with Crippen LogP contribution >= 0.6 is 24.0 Å². The number of hydrogen-bond acceptors (Lipinski definition) is 3. The van der Waals surface area contributed by atoms with Crippen molar-refractivity contribution in [1.29, 1.82) is 0 Å².